The van der Waals surface area contributed by atoms with Crippen LogP contribution in [0.5, 0.6) is 0 Å². The summed E-state index contributed by atoms with van der Waals surface area (Å²) in [6.45, 7) is 6.70. The topological polar surface area (TPSA) is 40.5 Å². The SMILES string of the molecule is CC(C)CC(C)N(C)C1(CC(=O)O)CCCCC1. The molecule has 3 nitrogen and oxygen atoms in total. The highest BCUT2D eigenvalue weighted by Crippen LogP contribution is 2.37. The van der Waals surface area contributed by atoms with Gasteiger partial charge in [0.15, 0.2) is 0 Å². The van der Waals surface area contributed by atoms with E-state index in [9.17, 15) is 9.90 Å². The zero-order valence-electron chi connectivity index (χ0n) is 12.4. The molecule has 18 heavy (non-hydrogen) atoms. The molecule has 0 amide bonds. The molecule has 0 aromatic rings. The molecule has 1 N–H and O–H groups in total. The average Bonchev–Trinajstić information content (AvgIpc) is 2.27. The first-order valence-corrected chi connectivity index (χ1v) is 7.32. The van der Waals surface area contributed by atoms with Gasteiger partial charge in [0.1, 0.15) is 0 Å². The molecule has 0 bridgehead atoms. The fourth-order valence-electron chi connectivity index (χ4n) is 3.45. The molecule has 0 aromatic carbocycles. The molecule has 1 aliphatic rings. The lowest BCUT2D eigenvalue weighted by atomic mass is 9.77. The van der Waals surface area contributed by atoms with Gasteiger partial charge >= 0.3 is 5.97 Å². The lowest BCUT2D eigenvalue weighted by Gasteiger charge is -2.47. The van der Waals surface area contributed by atoms with Gasteiger partial charge in [0.25, 0.3) is 0 Å². The highest BCUT2D eigenvalue weighted by Gasteiger charge is 2.39. The summed E-state index contributed by atoms with van der Waals surface area (Å²) in [5.74, 6) is 0.00779. The predicted octanol–water partition coefficient (Wildman–Crippen LogP) is 3.53. The van der Waals surface area contributed by atoms with E-state index in [1.165, 1.54) is 19.3 Å². The summed E-state index contributed by atoms with van der Waals surface area (Å²) in [4.78, 5) is 13.6. The van der Waals surface area contributed by atoms with Crippen molar-refractivity contribution in [3.63, 3.8) is 0 Å². The summed E-state index contributed by atoms with van der Waals surface area (Å²) in [6.07, 6.45) is 7.12. The van der Waals surface area contributed by atoms with E-state index in [-0.39, 0.29) is 5.54 Å². The van der Waals surface area contributed by atoms with Crippen LogP contribution in [0.1, 0.15) is 65.7 Å². The summed E-state index contributed by atoms with van der Waals surface area (Å²) in [5.41, 5.74) is -0.0988. The van der Waals surface area contributed by atoms with Crippen LogP contribution in [0.4, 0.5) is 0 Å². The number of carboxylic acids is 1. The summed E-state index contributed by atoms with van der Waals surface area (Å²) < 4.78 is 0. The summed E-state index contributed by atoms with van der Waals surface area (Å²) in [6, 6.07) is 0.461. The van der Waals surface area contributed by atoms with Crippen LogP contribution in [0.15, 0.2) is 0 Å². The molecule has 1 rings (SSSR count). The van der Waals surface area contributed by atoms with Crippen LogP contribution in [0.3, 0.4) is 0 Å². The van der Waals surface area contributed by atoms with Crippen molar-refractivity contribution in [1.29, 1.82) is 0 Å². The first kappa shape index (κ1) is 15.5. The maximum Gasteiger partial charge on any atom is 0.305 e. The van der Waals surface area contributed by atoms with Gasteiger partial charge in [0, 0.05) is 11.6 Å². The molecule has 3 heteroatoms. The molecule has 0 radical (unpaired) electrons. The Labute approximate surface area is 112 Å². The van der Waals surface area contributed by atoms with Gasteiger partial charge in [-0.3, -0.25) is 9.69 Å². The van der Waals surface area contributed by atoms with Gasteiger partial charge in [0.2, 0.25) is 0 Å². The second kappa shape index (κ2) is 6.55. The van der Waals surface area contributed by atoms with E-state index in [4.69, 9.17) is 0 Å². The van der Waals surface area contributed by atoms with Gasteiger partial charge in [-0.25, -0.2) is 0 Å². The predicted molar refractivity (Wildman–Crippen MR) is 74.7 cm³/mol. The average molecular weight is 255 g/mol. The highest BCUT2D eigenvalue weighted by atomic mass is 16.4. The van der Waals surface area contributed by atoms with Crippen molar-refractivity contribution in [1.82, 2.24) is 4.90 Å². The minimum absolute atomic E-state index is 0.0988. The van der Waals surface area contributed by atoms with Crippen molar-refractivity contribution in [2.75, 3.05) is 7.05 Å². The Morgan fingerprint density at radius 1 is 1.22 bits per heavy atom. The summed E-state index contributed by atoms with van der Waals surface area (Å²) in [5, 5.41) is 9.22. The first-order valence-electron chi connectivity index (χ1n) is 7.32. The Balaban J connectivity index is 2.77. The first-order chi connectivity index (χ1) is 8.37. The zero-order valence-corrected chi connectivity index (χ0v) is 12.4. The van der Waals surface area contributed by atoms with Crippen molar-refractivity contribution in [3.05, 3.63) is 0 Å². The van der Waals surface area contributed by atoms with Crippen LogP contribution in [-0.4, -0.2) is 34.6 Å². The highest BCUT2D eigenvalue weighted by molar-refractivity contribution is 5.68. The monoisotopic (exact) mass is 255 g/mol. The number of rotatable bonds is 6. The van der Waals surface area contributed by atoms with Crippen LogP contribution >= 0.6 is 0 Å². The van der Waals surface area contributed by atoms with E-state index in [2.05, 4.69) is 32.7 Å². The van der Waals surface area contributed by atoms with E-state index in [0.29, 0.717) is 18.4 Å². The van der Waals surface area contributed by atoms with Crippen LogP contribution in [0.25, 0.3) is 0 Å². The van der Waals surface area contributed by atoms with E-state index in [0.717, 1.165) is 19.3 Å². The Bertz CT molecular complexity index is 270. The molecule has 1 atom stereocenters. The van der Waals surface area contributed by atoms with E-state index >= 15 is 0 Å². The standard InChI is InChI=1S/C15H29NO2/c1-12(2)10-13(3)16(4)15(11-14(17)18)8-6-5-7-9-15/h12-13H,5-11H2,1-4H3,(H,17,18). The van der Waals surface area contributed by atoms with Crippen molar-refractivity contribution < 1.29 is 9.90 Å². The Kier molecular flexibility index (Phi) is 5.64. The molecule has 1 fully saturated rings. The molecule has 0 spiro atoms. The number of nitrogens with zero attached hydrogens (tertiary/aromatic N) is 1. The lowest BCUT2D eigenvalue weighted by Crippen LogP contribution is -2.53. The molecule has 0 heterocycles. The molecule has 1 saturated carbocycles. The molecule has 0 saturated heterocycles. The minimum Gasteiger partial charge on any atom is -0.481 e. The number of carbonyl (C=O) groups is 1. The van der Waals surface area contributed by atoms with E-state index in [1.807, 2.05) is 0 Å². The van der Waals surface area contributed by atoms with Gasteiger partial charge in [-0.15, -0.1) is 0 Å². The molecule has 1 aliphatic carbocycles. The maximum atomic E-state index is 11.2. The quantitative estimate of drug-likeness (QED) is 0.789. The summed E-state index contributed by atoms with van der Waals surface area (Å²) >= 11 is 0. The molecular formula is C15H29NO2. The van der Waals surface area contributed by atoms with Crippen LogP contribution in [0.2, 0.25) is 0 Å². The fourth-order valence-corrected chi connectivity index (χ4v) is 3.45. The molecule has 0 aliphatic heterocycles. The van der Waals surface area contributed by atoms with Crippen molar-refractivity contribution in [2.45, 2.75) is 77.3 Å². The second-order valence-electron chi connectivity index (χ2n) is 6.44. The maximum absolute atomic E-state index is 11.2. The van der Waals surface area contributed by atoms with Gasteiger partial charge in [-0.05, 0) is 39.2 Å². The molecule has 1 unspecified atom stereocenters. The molecule has 106 valence electrons. The van der Waals surface area contributed by atoms with Crippen molar-refractivity contribution in [2.24, 2.45) is 5.92 Å². The molecule has 0 aromatic heterocycles. The third kappa shape index (κ3) is 3.98. The number of hydrogen-bond donors (Lipinski definition) is 1. The van der Waals surface area contributed by atoms with Crippen molar-refractivity contribution >= 4 is 5.97 Å². The Morgan fingerprint density at radius 3 is 2.22 bits per heavy atom. The number of carboxylic acid groups (broad SMARTS) is 1. The summed E-state index contributed by atoms with van der Waals surface area (Å²) in [7, 11) is 2.13. The molecular weight excluding hydrogens is 226 g/mol. The lowest BCUT2D eigenvalue weighted by molar-refractivity contribution is -0.141. The Morgan fingerprint density at radius 2 is 1.78 bits per heavy atom. The van der Waals surface area contributed by atoms with Crippen LogP contribution < -0.4 is 0 Å². The van der Waals surface area contributed by atoms with Gasteiger partial charge in [0.05, 0.1) is 6.42 Å². The fraction of sp³-hybridized carbons (Fsp3) is 0.933. The van der Waals surface area contributed by atoms with Gasteiger partial charge in [-0.2, -0.15) is 0 Å². The van der Waals surface area contributed by atoms with Crippen molar-refractivity contribution in [3.8, 4) is 0 Å². The third-order valence-electron chi connectivity index (χ3n) is 4.49. The number of hydrogen-bond acceptors (Lipinski definition) is 2. The van der Waals surface area contributed by atoms with Crippen LogP contribution in [-0.2, 0) is 4.79 Å². The smallest absolute Gasteiger partial charge is 0.305 e. The van der Waals surface area contributed by atoms with Crippen LogP contribution in [0, 0.1) is 5.92 Å². The largest absolute Gasteiger partial charge is 0.481 e. The van der Waals surface area contributed by atoms with Gasteiger partial charge < -0.3 is 5.11 Å². The Hall–Kier alpha value is -0.570. The third-order valence-corrected chi connectivity index (χ3v) is 4.49. The second-order valence-corrected chi connectivity index (χ2v) is 6.44. The van der Waals surface area contributed by atoms with E-state index in [1.54, 1.807) is 0 Å². The van der Waals surface area contributed by atoms with Gasteiger partial charge in [-0.1, -0.05) is 33.1 Å². The number of aliphatic carboxylic acids is 1. The normalized spacial score (nSPS) is 21.2. The zero-order chi connectivity index (χ0) is 13.8. The minimum atomic E-state index is -0.652. The van der Waals surface area contributed by atoms with E-state index < -0.39 is 5.97 Å².